The Hall–Kier alpha value is -1.13. The van der Waals surface area contributed by atoms with Crippen LogP contribution in [0.4, 0.5) is 0 Å². The highest BCUT2D eigenvalue weighted by Crippen LogP contribution is 2.25. The second-order valence-electron chi connectivity index (χ2n) is 3.73. The zero-order valence-corrected chi connectivity index (χ0v) is 9.88. The van der Waals surface area contributed by atoms with E-state index in [0.29, 0.717) is 5.69 Å². The Labute approximate surface area is 93.0 Å². The SMILES string of the molecule is Cc1cc([C@H](O)c2cc(C)n(C)n2)cs1. The van der Waals surface area contributed by atoms with Crippen LogP contribution in [-0.2, 0) is 7.05 Å². The molecule has 1 N–H and O–H groups in total. The number of aliphatic hydroxyl groups excluding tert-OH is 1. The molecular formula is C11H14N2OS. The molecule has 4 heteroatoms. The van der Waals surface area contributed by atoms with Crippen molar-refractivity contribution in [1.82, 2.24) is 9.78 Å². The van der Waals surface area contributed by atoms with Crippen molar-refractivity contribution >= 4 is 11.3 Å². The Morgan fingerprint density at radius 1 is 1.40 bits per heavy atom. The minimum absolute atomic E-state index is 0.602. The molecule has 0 spiro atoms. The summed E-state index contributed by atoms with van der Waals surface area (Å²) in [6, 6.07) is 3.91. The third-order valence-corrected chi connectivity index (χ3v) is 3.36. The molecule has 0 aromatic carbocycles. The van der Waals surface area contributed by atoms with E-state index in [1.807, 2.05) is 38.4 Å². The average molecular weight is 222 g/mol. The van der Waals surface area contributed by atoms with Crippen molar-refractivity contribution in [2.75, 3.05) is 0 Å². The first-order valence-electron chi connectivity index (χ1n) is 4.81. The van der Waals surface area contributed by atoms with Crippen LogP contribution < -0.4 is 0 Å². The quantitative estimate of drug-likeness (QED) is 0.845. The van der Waals surface area contributed by atoms with E-state index in [2.05, 4.69) is 5.10 Å². The molecule has 0 aliphatic carbocycles. The van der Waals surface area contributed by atoms with Gasteiger partial charge in [-0.25, -0.2) is 0 Å². The maximum atomic E-state index is 10.1. The lowest BCUT2D eigenvalue weighted by Gasteiger charge is -2.03. The fourth-order valence-electron chi connectivity index (χ4n) is 1.50. The smallest absolute Gasteiger partial charge is 0.124 e. The maximum absolute atomic E-state index is 10.1. The molecule has 15 heavy (non-hydrogen) atoms. The molecule has 2 aromatic heterocycles. The predicted molar refractivity (Wildman–Crippen MR) is 61.1 cm³/mol. The van der Waals surface area contributed by atoms with Crippen LogP contribution in [0.3, 0.4) is 0 Å². The van der Waals surface area contributed by atoms with Crippen molar-refractivity contribution in [3.63, 3.8) is 0 Å². The van der Waals surface area contributed by atoms with Gasteiger partial charge in [-0.2, -0.15) is 5.10 Å². The number of hydrogen-bond donors (Lipinski definition) is 1. The number of aliphatic hydroxyl groups is 1. The maximum Gasteiger partial charge on any atom is 0.124 e. The summed E-state index contributed by atoms with van der Waals surface area (Å²) in [4.78, 5) is 1.21. The largest absolute Gasteiger partial charge is 0.382 e. The van der Waals surface area contributed by atoms with Crippen molar-refractivity contribution in [2.45, 2.75) is 20.0 Å². The second kappa shape index (κ2) is 3.79. The lowest BCUT2D eigenvalue weighted by Crippen LogP contribution is -2.00. The summed E-state index contributed by atoms with van der Waals surface area (Å²) in [7, 11) is 1.88. The van der Waals surface area contributed by atoms with Crippen molar-refractivity contribution in [1.29, 1.82) is 0 Å². The fourth-order valence-corrected chi connectivity index (χ4v) is 2.22. The van der Waals surface area contributed by atoms with Crippen LogP contribution >= 0.6 is 11.3 Å². The monoisotopic (exact) mass is 222 g/mol. The first-order valence-corrected chi connectivity index (χ1v) is 5.69. The predicted octanol–water partition coefficient (Wildman–Crippen LogP) is 2.18. The molecule has 0 bridgehead atoms. The van der Waals surface area contributed by atoms with Gasteiger partial charge in [-0.3, -0.25) is 4.68 Å². The first kappa shape index (κ1) is 10.4. The zero-order valence-electron chi connectivity index (χ0n) is 9.06. The summed E-state index contributed by atoms with van der Waals surface area (Å²) >= 11 is 1.64. The minimum atomic E-state index is -0.602. The van der Waals surface area contributed by atoms with E-state index >= 15 is 0 Å². The van der Waals surface area contributed by atoms with Crippen LogP contribution in [-0.4, -0.2) is 14.9 Å². The van der Waals surface area contributed by atoms with Gasteiger partial charge in [-0.15, -0.1) is 11.3 Å². The van der Waals surface area contributed by atoms with E-state index in [0.717, 1.165) is 11.3 Å². The van der Waals surface area contributed by atoms with Crippen molar-refractivity contribution in [2.24, 2.45) is 7.05 Å². The molecule has 80 valence electrons. The van der Waals surface area contributed by atoms with E-state index in [4.69, 9.17) is 0 Å². The molecule has 0 fully saturated rings. The summed E-state index contributed by atoms with van der Waals surface area (Å²) in [6.45, 7) is 4.01. The number of nitrogens with zero attached hydrogens (tertiary/aromatic N) is 2. The Morgan fingerprint density at radius 2 is 2.13 bits per heavy atom. The van der Waals surface area contributed by atoms with Gasteiger partial charge in [0.05, 0.1) is 5.69 Å². The van der Waals surface area contributed by atoms with E-state index in [1.165, 1.54) is 4.88 Å². The summed E-state index contributed by atoms with van der Waals surface area (Å²) in [5.41, 5.74) is 2.69. The molecule has 0 aliphatic heterocycles. The van der Waals surface area contributed by atoms with Crippen LogP contribution in [0.2, 0.25) is 0 Å². The standard InChI is InChI=1S/C11H14N2OS/c1-7-4-10(12-13(7)3)11(14)9-5-8(2)15-6-9/h4-6,11,14H,1-3H3/t11-/m0/s1. The van der Waals surface area contributed by atoms with Crippen molar-refractivity contribution < 1.29 is 5.11 Å². The Kier molecular flexibility index (Phi) is 2.63. The lowest BCUT2D eigenvalue weighted by atomic mass is 10.1. The van der Waals surface area contributed by atoms with Crippen LogP contribution in [0.5, 0.6) is 0 Å². The van der Waals surface area contributed by atoms with Crippen molar-refractivity contribution in [3.05, 3.63) is 39.3 Å². The van der Waals surface area contributed by atoms with E-state index in [1.54, 1.807) is 16.0 Å². The Balaban J connectivity index is 2.31. The van der Waals surface area contributed by atoms with Gasteiger partial charge >= 0.3 is 0 Å². The molecular weight excluding hydrogens is 208 g/mol. The number of hydrogen-bond acceptors (Lipinski definition) is 3. The highest BCUT2D eigenvalue weighted by Gasteiger charge is 2.15. The molecule has 0 unspecified atom stereocenters. The molecule has 2 aromatic rings. The van der Waals surface area contributed by atoms with Crippen LogP contribution in [0.15, 0.2) is 17.5 Å². The fraction of sp³-hybridized carbons (Fsp3) is 0.364. The molecule has 0 radical (unpaired) electrons. The number of rotatable bonds is 2. The third-order valence-electron chi connectivity index (χ3n) is 2.48. The summed E-state index contributed by atoms with van der Waals surface area (Å²) < 4.78 is 1.78. The van der Waals surface area contributed by atoms with Crippen LogP contribution in [0.1, 0.15) is 27.9 Å². The van der Waals surface area contributed by atoms with Gasteiger partial charge in [0, 0.05) is 17.6 Å². The normalized spacial score (nSPS) is 13.1. The molecule has 0 amide bonds. The summed E-state index contributed by atoms with van der Waals surface area (Å²) in [6.07, 6.45) is -0.602. The van der Waals surface area contributed by atoms with Crippen LogP contribution in [0.25, 0.3) is 0 Å². The van der Waals surface area contributed by atoms with Crippen molar-refractivity contribution in [3.8, 4) is 0 Å². The topological polar surface area (TPSA) is 38.0 Å². The number of thiophene rings is 1. The first-order chi connectivity index (χ1) is 7.08. The number of aromatic nitrogens is 2. The number of aryl methyl sites for hydroxylation is 3. The van der Waals surface area contributed by atoms with Gasteiger partial charge in [0.2, 0.25) is 0 Å². The highest BCUT2D eigenvalue weighted by atomic mass is 32.1. The second-order valence-corrected chi connectivity index (χ2v) is 4.84. The average Bonchev–Trinajstić information content (AvgIpc) is 2.74. The van der Waals surface area contributed by atoms with E-state index < -0.39 is 6.10 Å². The van der Waals surface area contributed by atoms with Gasteiger partial charge in [0.1, 0.15) is 6.10 Å². The van der Waals surface area contributed by atoms with Gasteiger partial charge in [-0.1, -0.05) is 0 Å². The highest BCUT2D eigenvalue weighted by molar-refractivity contribution is 7.10. The van der Waals surface area contributed by atoms with E-state index in [-0.39, 0.29) is 0 Å². The van der Waals surface area contributed by atoms with Gasteiger partial charge in [0.25, 0.3) is 0 Å². The molecule has 1 atom stereocenters. The van der Waals surface area contributed by atoms with Gasteiger partial charge in [-0.05, 0) is 36.9 Å². The molecule has 0 aliphatic rings. The third kappa shape index (κ3) is 1.96. The Bertz CT molecular complexity index is 453. The Morgan fingerprint density at radius 3 is 2.60 bits per heavy atom. The van der Waals surface area contributed by atoms with Gasteiger partial charge < -0.3 is 5.11 Å². The van der Waals surface area contributed by atoms with E-state index in [9.17, 15) is 5.11 Å². The molecule has 2 heterocycles. The summed E-state index contributed by atoms with van der Waals surface area (Å²) in [5.74, 6) is 0. The van der Waals surface area contributed by atoms with Gasteiger partial charge in [0.15, 0.2) is 0 Å². The lowest BCUT2D eigenvalue weighted by molar-refractivity contribution is 0.215. The zero-order chi connectivity index (χ0) is 11.0. The van der Waals surface area contributed by atoms with Crippen LogP contribution in [0, 0.1) is 13.8 Å². The molecule has 0 saturated carbocycles. The summed E-state index contributed by atoms with van der Waals surface area (Å²) in [5, 5.41) is 16.3. The molecule has 3 nitrogen and oxygen atoms in total. The minimum Gasteiger partial charge on any atom is -0.382 e. The molecule has 0 saturated heterocycles. The molecule has 2 rings (SSSR count).